The molecule has 3 nitrogen and oxygen atoms in total. The van der Waals surface area contributed by atoms with Crippen LogP contribution in [0, 0.1) is 5.82 Å². The Hall–Kier alpha value is -1.58. The number of Topliss-reactive ketones (excluding diaryl/α,β-unsaturated/α-hetero) is 1. The zero-order valence-corrected chi connectivity index (χ0v) is 8.13. The van der Waals surface area contributed by atoms with Gasteiger partial charge < -0.3 is 10.5 Å². The number of rotatable bonds is 3. The largest absolute Gasteiger partial charge is 0.493 e. The highest BCUT2D eigenvalue weighted by Crippen LogP contribution is 2.25. The molecule has 0 aliphatic carbocycles. The van der Waals surface area contributed by atoms with Crippen molar-refractivity contribution in [2.75, 3.05) is 12.3 Å². The summed E-state index contributed by atoms with van der Waals surface area (Å²) in [6, 6.07) is 2.43. The number of carbonyl (C=O) groups excluding carboxylic acids is 1. The van der Waals surface area contributed by atoms with E-state index in [1.165, 1.54) is 13.0 Å². The number of nitrogen functional groups attached to an aromatic ring is 1. The first-order valence-corrected chi connectivity index (χ1v) is 4.29. The van der Waals surface area contributed by atoms with Crippen LogP contribution < -0.4 is 10.5 Å². The Morgan fingerprint density at radius 3 is 2.71 bits per heavy atom. The van der Waals surface area contributed by atoms with Crippen LogP contribution in [0.4, 0.5) is 10.1 Å². The first-order valence-electron chi connectivity index (χ1n) is 4.29. The Kier molecular flexibility index (Phi) is 3.06. The van der Waals surface area contributed by atoms with E-state index in [0.29, 0.717) is 12.4 Å². The predicted octanol–water partition coefficient (Wildman–Crippen LogP) is 2.01. The third-order valence-corrected chi connectivity index (χ3v) is 1.78. The third kappa shape index (κ3) is 2.02. The van der Waals surface area contributed by atoms with Crippen molar-refractivity contribution in [2.24, 2.45) is 0 Å². The molecule has 0 atom stereocenters. The standard InChI is InChI=1S/C10H12FNO2/c1-3-14-10-5-9(12)8(11)4-7(10)6(2)13/h4-5H,3,12H2,1-2H3. The summed E-state index contributed by atoms with van der Waals surface area (Å²) in [6.45, 7) is 3.54. The van der Waals surface area contributed by atoms with E-state index < -0.39 is 5.82 Å². The van der Waals surface area contributed by atoms with Crippen LogP contribution in [0.15, 0.2) is 12.1 Å². The van der Waals surface area contributed by atoms with Crippen molar-refractivity contribution in [1.82, 2.24) is 0 Å². The summed E-state index contributed by atoms with van der Waals surface area (Å²) >= 11 is 0. The Labute approximate surface area is 81.7 Å². The Morgan fingerprint density at radius 1 is 1.57 bits per heavy atom. The molecule has 0 bridgehead atoms. The fraction of sp³-hybridized carbons (Fsp3) is 0.300. The first kappa shape index (κ1) is 10.5. The fourth-order valence-corrected chi connectivity index (χ4v) is 1.12. The van der Waals surface area contributed by atoms with Gasteiger partial charge >= 0.3 is 0 Å². The van der Waals surface area contributed by atoms with Crippen molar-refractivity contribution in [3.8, 4) is 5.75 Å². The molecule has 0 fully saturated rings. The van der Waals surface area contributed by atoms with Gasteiger partial charge in [0, 0.05) is 6.07 Å². The average molecular weight is 197 g/mol. The minimum atomic E-state index is -0.598. The minimum absolute atomic E-state index is 0.0153. The smallest absolute Gasteiger partial charge is 0.163 e. The predicted molar refractivity (Wildman–Crippen MR) is 52.0 cm³/mol. The molecule has 0 heterocycles. The van der Waals surface area contributed by atoms with E-state index in [-0.39, 0.29) is 17.0 Å². The molecule has 0 aliphatic heterocycles. The SMILES string of the molecule is CCOc1cc(N)c(F)cc1C(C)=O. The fourth-order valence-electron chi connectivity index (χ4n) is 1.12. The lowest BCUT2D eigenvalue weighted by Crippen LogP contribution is -2.03. The van der Waals surface area contributed by atoms with Gasteiger partial charge in [-0.3, -0.25) is 4.79 Å². The quantitative estimate of drug-likeness (QED) is 0.595. The van der Waals surface area contributed by atoms with E-state index in [1.807, 2.05) is 0 Å². The molecule has 0 amide bonds. The minimum Gasteiger partial charge on any atom is -0.493 e. The number of ether oxygens (including phenoxy) is 1. The normalized spacial score (nSPS) is 9.93. The maximum atomic E-state index is 13.0. The van der Waals surface area contributed by atoms with E-state index in [2.05, 4.69) is 0 Å². The van der Waals surface area contributed by atoms with Gasteiger partial charge in [0.05, 0.1) is 17.9 Å². The summed E-state index contributed by atoms with van der Waals surface area (Å²) in [6.07, 6.45) is 0. The van der Waals surface area contributed by atoms with Gasteiger partial charge in [0.15, 0.2) is 5.78 Å². The van der Waals surface area contributed by atoms with Crippen molar-refractivity contribution in [3.05, 3.63) is 23.5 Å². The van der Waals surface area contributed by atoms with Gasteiger partial charge in [0.25, 0.3) is 0 Å². The van der Waals surface area contributed by atoms with E-state index in [9.17, 15) is 9.18 Å². The summed E-state index contributed by atoms with van der Waals surface area (Å²) in [5, 5.41) is 0. The zero-order chi connectivity index (χ0) is 10.7. The van der Waals surface area contributed by atoms with Crippen LogP contribution >= 0.6 is 0 Å². The van der Waals surface area contributed by atoms with Gasteiger partial charge in [0.1, 0.15) is 11.6 Å². The van der Waals surface area contributed by atoms with Crippen molar-refractivity contribution in [3.63, 3.8) is 0 Å². The van der Waals surface area contributed by atoms with Crippen LogP contribution in [0.3, 0.4) is 0 Å². The van der Waals surface area contributed by atoms with Crippen LogP contribution in [-0.4, -0.2) is 12.4 Å². The second kappa shape index (κ2) is 4.09. The number of carbonyl (C=O) groups is 1. The van der Waals surface area contributed by atoms with Crippen LogP contribution in [0.5, 0.6) is 5.75 Å². The number of benzene rings is 1. The molecular formula is C10H12FNO2. The molecule has 2 N–H and O–H groups in total. The van der Waals surface area contributed by atoms with Crippen LogP contribution in [0.25, 0.3) is 0 Å². The molecule has 14 heavy (non-hydrogen) atoms. The number of hydrogen-bond donors (Lipinski definition) is 1. The molecule has 0 saturated heterocycles. The summed E-state index contributed by atoms with van der Waals surface area (Å²) < 4.78 is 18.2. The highest BCUT2D eigenvalue weighted by molar-refractivity contribution is 5.97. The van der Waals surface area contributed by atoms with Crippen molar-refractivity contribution < 1.29 is 13.9 Å². The van der Waals surface area contributed by atoms with Gasteiger partial charge in [-0.05, 0) is 19.9 Å². The van der Waals surface area contributed by atoms with Crippen molar-refractivity contribution >= 4 is 11.5 Å². The molecule has 0 spiro atoms. The Balaban J connectivity index is 3.24. The highest BCUT2D eigenvalue weighted by Gasteiger charge is 2.12. The number of hydrogen-bond acceptors (Lipinski definition) is 3. The number of nitrogens with two attached hydrogens (primary N) is 1. The van der Waals surface area contributed by atoms with Crippen LogP contribution in [0.2, 0.25) is 0 Å². The molecule has 4 heteroatoms. The Bertz CT molecular complexity index is 363. The van der Waals surface area contributed by atoms with Gasteiger partial charge in [-0.2, -0.15) is 0 Å². The molecule has 1 aromatic carbocycles. The van der Waals surface area contributed by atoms with E-state index in [0.717, 1.165) is 6.07 Å². The monoisotopic (exact) mass is 197 g/mol. The maximum absolute atomic E-state index is 13.0. The van der Waals surface area contributed by atoms with Crippen molar-refractivity contribution in [2.45, 2.75) is 13.8 Å². The molecule has 0 aliphatic rings. The summed E-state index contributed by atoms with van der Waals surface area (Å²) in [7, 11) is 0. The average Bonchev–Trinajstić information content (AvgIpc) is 2.11. The van der Waals surface area contributed by atoms with Gasteiger partial charge in [-0.15, -0.1) is 0 Å². The molecule has 0 aromatic heterocycles. The maximum Gasteiger partial charge on any atom is 0.163 e. The number of ketones is 1. The molecular weight excluding hydrogens is 185 g/mol. The second-order valence-electron chi connectivity index (χ2n) is 2.86. The lowest BCUT2D eigenvalue weighted by Gasteiger charge is -2.09. The highest BCUT2D eigenvalue weighted by atomic mass is 19.1. The van der Waals surface area contributed by atoms with Gasteiger partial charge in [-0.25, -0.2) is 4.39 Å². The van der Waals surface area contributed by atoms with E-state index in [1.54, 1.807) is 6.92 Å². The first-order chi connectivity index (χ1) is 6.56. The zero-order valence-electron chi connectivity index (χ0n) is 8.13. The lowest BCUT2D eigenvalue weighted by atomic mass is 10.1. The summed E-state index contributed by atoms with van der Waals surface area (Å²) in [5.41, 5.74) is 5.56. The van der Waals surface area contributed by atoms with Crippen molar-refractivity contribution in [1.29, 1.82) is 0 Å². The number of halogens is 1. The summed E-state index contributed by atoms with van der Waals surface area (Å²) in [4.78, 5) is 11.1. The number of anilines is 1. The van der Waals surface area contributed by atoms with Crippen LogP contribution in [0.1, 0.15) is 24.2 Å². The molecule has 1 aromatic rings. The molecule has 0 radical (unpaired) electrons. The third-order valence-electron chi connectivity index (χ3n) is 1.78. The Morgan fingerprint density at radius 2 is 2.21 bits per heavy atom. The molecule has 0 unspecified atom stereocenters. The van der Waals surface area contributed by atoms with E-state index in [4.69, 9.17) is 10.5 Å². The van der Waals surface area contributed by atoms with Gasteiger partial charge in [0.2, 0.25) is 0 Å². The second-order valence-corrected chi connectivity index (χ2v) is 2.86. The topological polar surface area (TPSA) is 52.3 Å². The molecule has 0 saturated carbocycles. The van der Waals surface area contributed by atoms with Crippen LogP contribution in [-0.2, 0) is 0 Å². The lowest BCUT2D eigenvalue weighted by molar-refractivity contribution is 0.101. The summed E-state index contributed by atoms with van der Waals surface area (Å²) in [5.74, 6) is -0.509. The molecule has 1 rings (SSSR count). The van der Waals surface area contributed by atoms with Gasteiger partial charge in [-0.1, -0.05) is 0 Å². The van der Waals surface area contributed by atoms with E-state index >= 15 is 0 Å². The molecule has 76 valence electrons.